The lowest BCUT2D eigenvalue weighted by atomic mass is 10.0. The first-order valence-corrected chi connectivity index (χ1v) is 14.1. The minimum Gasteiger partial charge on any atom is -0.385 e. The summed E-state index contributed by atoms with van der Waals surface area (Å²) in [5.41, 5.74) is 5.81. The summed E-state index contributed by atoms with van der Waals surface area (Å²) in [5, 5.41) is 4.03. The van der Waals surface area contributed by atoms with E-state index < -0.39 is 0 Å². The van der Waals surface area contributed by atoms with Gasteiger partial charge in [0.2, 0.25) is 5.56 Å². The number of carbonyl (C=O) groups excluding carboxylic acids is 1. The second-order valence-electron chi connectivity index (χ2n) is 9.79. The van der Waals surface area contributed by atoms with E-state index >= 15 is 0 Å². The molecule has 1 amide bonds. The summed E-state index contributed by atoms with van der Waals surface area (Å²) < 4.78 is 5.10. The standard InChI is InChI=1S/C24H37N5O3.C4H8.C2H6/c1-6-25-27-22-17-23(30)26-19(4)21(22)16-20(18(2)3)24(31)29-13-11-28(12-14-29)10-8-7-9-15-32-5;1-4-2-3-4;1-2/h6,16-17H,2,7-15H2,1,3-5H3,(H2,26,27,30);4H,2-3H2,1H3;1-2H3/b20-16+,25-6-;;. The van der Waals surface area contributed by atoms with Crippen molar-refractivity contribution in [3.8, 4) is 0 Å². The van der Waals surface area contributed by atoms with Gasteiger partial charge in [0.1, 0.15) is 0 Å². The van der Waals surface area contributed by atoms with Crippen LogP contribution in [0.3, 0.4) is 0 Å². The van der Waals surface area contributed by atoms with Crippen LogP contribution >= 0.6 is 0 Å². The molecule has 0 atom stereocenters. The number of H-pyrrole nitrogens is 1. The van der Waals surface area contributed by atoms with Crippen LogP contribution in [-0.2, 0) is 9.53 Å². The first-order chi connectivity index (χ1) is 18.3. The molecule has 2 fully saturated rings. The quantitative estimate of drug-likeness (QED) is 0.131. The summed E-state index contributed by atoms with van der Waals surface area (Å²) in [6, 6.07) is 1.44. The van der Waals surface area contributed by atoms with E-state index in [1.807, 2.05) is 25.7 Å². The van der Waals surface area contributed by atoms with E-state index in [0.29, 0.717) is 35.6 Å². The van der Waals surface area contributed by atoms with Gasteiger partial charge in [-0.25, -0.2) is 0 Å². The Kier molecular flexibility index (Phi) is 16.2. The van der Waals surface area contributed by atoms with Gasteiger partial charge in [0, 0.05) is 69.0 Å². The van der Waals surface area contributed by atoms with E-state index in [4.69, 9.17) is 4.74 Å². The fourth-order valence-corrected chi connectivity index (χ4v) is 3.89. The monoisotopic (exact) mass is 529 g/mol. The Morgan fingerprint density at radius 3 is 2.37 bits per heavy atom. The van der Waals surface area contributed by atoms with Crippen molar-refractivity contribution in [1.82, 2.24) is 14.8 Å². The molecule has 1 aromatic heterocycles. The zero-order valence-corrected chi connectivity index (χ0v) is 24.9. The van der Waals surface area contributed by atoms with Crippen molar-refractivity contribution >= 4 is 23.9 Å². The van der Waals surface area contributed by atoms with Crippen molar-refractivity contribution in [2.75, 3.05) is 51.9 Å². The maximum Gasteiger partial charge on any atom is 0.254 e. The number of hydrazone groups is 1. The van der Waals surface area contributed by atoms with Gasteiger partial charge >= 0.3 is 0 Å². The van der Waals surface area contributed by atoms with Crippen molar-refractivity contribution in [2.24, 2.45) is 11.0 Å². The Balaban J connectivity index is 0.00000107. The third kappa shape index (κ3) is 12.2. The summed E-state index contributed by atoms with van der Waals surface area (Å²) in [4.78, 5) is 32.3. The average molecular weight is 530 g/mol. The molecule has 2 N–H and O–H groups in total. The van der Waals surface area contributed by atoms with Crippen LogP contribution in [0, 0.1) is 12.8 Å². The lowest BCUT2D eigenvalue weighted by molar-refractivity contribution is -0.128. The highest BCUT2D eigenvalue weighted by Gasteiger charge is 2.24. The molecule has 1 saturated carbocycles. The number of methoxy groups -OCH3 is 1. The minimum atomic E-state index is -0.227. The molecule has 214 valence electrons. The summed E-state index contributed by atoms with van der Waals surface area (Å²) >= 11 is 0. The van der Waals surface area contributed by atoms with E-state index in [1.54, 1.807) is 33.2 Å². The second kappa shape index (κ2) is 18.5. The SMILES string of the molecule is C=C(C)/C(=C\c1c(N/N=C\C)cc(=O)[nH]c1C)C(=O)N1CCN(CCCCCOC)CC1.CC.CC1CC1. The van der Waals surface area contributed by atoms with Gasteiger partial charge in [-0.15, -0.1) is 0 Å². The number of nitrogens with one attached hydrogen (secondary N) is 2. The number of ether oxygens (including phenoxy) is 1. The lowest BCUT2D eigenvalue weighted by Gasteiger charge is -2.35. The number of hydrogen-bond acceptors (Lipinski definition) is 6. The molecule has 1 aliphatic heterocycles. The van der Waals surface area contributed by atoms with Gasteiger partial charge in [0.15, 0.2) is 0 Å². The molecule has 38 heavy (non-hydrogen) atoms. The number of carbonyl (C=O) groups is 1. The third-order valence-corrected chi connectivity index (χ3v) is 6.42. The predicted molar refractivity (Wildman–Crippen MR) is 161 cm³/mol. The van der Waals surface area contributed by atoms with Gasteiger partial charge in [-0.3, -0.25) is 19.9 Å². The highest BCUT2D eigenvalue weighted by molar-refractivity contribution is 6.02. The molecule has 1 saturated heterocycles. The number of hydrogen-bond donors (Lipinski definition) is 2. The number of aryl methyl sites for hydroxylation is 1. The van der Waals surface area contributed by atoms with E-state index in [0.717, 1.165) is 57.0 Å². The number of piperazine rings is 1. The normalized spacial score (nSPS) is 15.9. The molecule has 0 bridgehead atoms. The molecule has 3 rings (SSSR count). The van der Waals surface area contributed by atoms with E-state index in [9.17, 15) is 9.59 Å². The van der Waals surface area contributed by atoms with Crippen LogP contribution in [0.2, 0.25) is 0 Å². The highest BCUT2D eigenvalue weighted by atomic mass is 16.5. The maximum absolute atomic E-state index is 13.3. The Hall–Kier alpha value is -2.71. The molecule has 0 spiro atoms. The van der Waals surface area contributed by atoms with Gasteiger partial charge in [-0.2, -0.15) is 5.10 Å². The Bertz CT molecular complexity index is 971. The first-order valence-electron chi connectivity index (χ1n) is 14.1. The maximum atomic E-state index is 13.3. The summed E-state index contributed by atoms with van der Waals surface area (Å²) in [7, 11) is 1.73. The molecule has 2 heterocycles. The summed E-state index contributed by atoms with van der Waals surface area (Å²) in [6.45, 7) is 20.7. The van der Waals surface area contributed by atoms with Crippen LogP contribution in [0.25, 0.3) is 6.08 Å². The molecule has 8 nitrogen and oxygen atoms in total. The molecule has 2 aliphatic rings. The zero-order valence-electron chi connectivity index (χ0n) is 24.9. The zero-order chi connectivity index (χ0) is 28.5. The smallest absolute Gasteiger partial charge is 0.254 e. The fraction of sp³-hybridized carbons (Fsp3) is 0.633. The molecule has 0 radical (unpaired) electrons. The van der Waals surface area contributed by atoms with Gasteiger partial charge in [-0.1, -0.05) is 40.2 Å². The Labute approximate surface area is 230 Å². The van der Waals surface area contributed by atoms with Crippen LogP contribution in [0.5, 0.6) is 0 Å². The summed E-state index contributed by atoms with van der Waals surface area (Å²) in [5.74, 6) is 1.05. The highest BCUT2D eigenvalue weighted by Crippen LogP contribution is 2.26. The van der Waals surface area contributed by atoms with Crippen LogP contribution in [-0.4, -0.2) is 73.3 Å². The first kappa shape index (κ1) is 33.3. The van der Waals surface area contributed by atoms with Gasteiger partial charge in [0.25, 0.3) is 5.91 Å². The number of rotatable bonds is 11. The van der Waals surface area contributed by atoms with Crippen LogP contribution in [0.15, 0.2) is 33.7 Å². The number of aromatic nitrogens is 1. The van der Waals surface area contributed by atoms with Crippen molar-refractivity contribution in [3.05, 3.63) is 45.4 Å². The number of anilines is 1. The van der Waals surface area contributed by atoms with Gasteiger partial charge in [0.05, 0.1) is 5.69 Å². The van der Waals surface area contributed by atoms with Gasteiger partial charge in [-0.05, 0) is 64.1 Å². The second-order valence-corrected chi connectivity index (χ2v) is 9.79. The minimum absolute atomic E-state index is 0.0345. The van der Waals surface area contributed by atoms with E-state index in [1.165, 1.54) is 18.9 Å². The number of amides is 1. The van der Waals surface area contributed by atoms with Gasteiger partial charge < -0.3 is 14.6 Å². The lowest BCUT2D eigenvalue weighted by Crippen LogP contribution is -2.49. The number of aromatic amines is 1. The molecular formula is C30H51N5O3. The molecule has 1 aliphatic carbocycles. The fourth-order valence-electron chi connectivity index (χ4n) is 3.89. The molecule has 0 unspecified atom stereocenters. The number of unbranched alkanes of at least 4 members (excludes halogenated alkanes) is 2. The Morgan fingerprint density at radius 2 is 1.84 bits per heavy atom. The number of nitrogens with zero attached hydrogens (tertiary/aromatic N) is 3. The van der Waals surface area contributed by atoms with Crippen LogP contribution in [0.1, 0.15) is 78.0 Å². The van der Waals surface area contributed by atoms with E-state index in [-0.39, 0.29) is 11.5 Å². The van der Waals surface area contributed by atoms with Crippen molar-refractivity contribution in [1.29, 1.82) is 0 Å². The van der Waals surface area contributed by atoms with Crippen LogP contribution < -0.4 is 11.0 Å². The summed E-state index contributed by atoms with van der Waals surface area (Å²) in [6.07, 6.45) is 9.77. The number of pyridine rings is 1. The molecular weight excluding hydrogens is 478 g/mol. The van der Waals surface area contributed by atoms with Crippen molar-refractivity contribution in [2.45, 2.75) is 73.6 Å². The van der Waals surface area contributed by atoms with Crippen molar-refractivity contribution in [3.63, 3.8) is 0 Å². The third-order valence-electron chi connectivity index (χ3n) is 6.42. The van der Waals surface area contributed by atoms with Crippen molar-refractivity contribution < 1.29 is 9.53 Å². The molecule has 1 aromatic rings. The molecule has 8 heteroatoms. The van der Waals surface area contributed by atoms with E-state index in [2.05, 4.69) is 33.9 Å². The topological polar surface area (TPSA) is 90.0 Å². The van der Waals surface area contributed by atoms with Crippen LogP contribution in [0.4, 0.5) is 5.69 Å². The largest absolute Gasteiger partial charge is 0.385 e. The Morgan fingerprint density at radius 1 is 1.21 bits per heavy atom. The predicted octanol–water partition coefficient (Wildman–Crippen LogP) is 5.46. The average Bonchev–Trinajstić information content (AvgIpc) is 3.70. The molecule has 0 aromatic carbocycles.